The second-order valence-electron chi connectivity index (χ2n) is 1.96. The van der Waals surface area contributed by atoms with E-state index in [9.17, 15) is 4.79 Å². The van der Waals surface area contributed by atoms with Crippen LogP contribution in [-0.4, -0.2) is 24.0 Å². The molecule has 1 amide bonds. The van der Waals surface area contributed by atoms with Gasteiger partial charge in [0.1, 0.15) is 0 Å². The number of rotatable bonds is 2. The van der Waals surface area contributed by atoms with Crippen LogP contribution in [0.15, 0.2) is 30.3 Å². The number of hydrogen-bond donors (Lipinski definition) is 1. The van der Waals surface area contributed by atoms with E-state index in [1.54, 1.807) is 0 Å². The van der Waals surface area contributed by atoms with Gasteiger partial charge in [0.05, 0.1) is 0 Å². The standard InChI is InChI=1S/C7H7BNO.2H2O/c9-7(10)8-6-4-2-1-3-5-6;;/h1-5H,(H2,9,10);2*1H2. The molecule has 0 unspecified atom stereocenters. The summed E-state index contributed by atoms with van der Waals surface area (Å²) in [6.45, 7) is 0. The highest BCUT2D eigenvalue weighted by atomic mass is 16.1. The average Bonchev–Trinajstić information content (AvgIpc) is 1.88. The van der Waals surface area contributed by atoms with Gasteiger partial charge in [-0.1, -0.05) is 35.8 Å². The summed E-state index contributed by atoms with van der Waals surface area (Å²) < 4.78 is 0. The Bertz CT molecular complexity index is 227. The SMILES string of the molecule is NC(=O)[B]c1ccccc1.O.O. The Kier molecular flexibility index (Phi) is 7.07. The van der Waals surface area contributed by atoms with Gasteiger partial charge in [0.25, 0.3) is 7.28 Å². The second-order valence-corrected chi connectivity index (χ2v) is 1.96. The number of benzene rings is 1. The van der Waals surface area contributed by atoms with Gasteiger partial charge in [-0.05, 0) is 0 Å². The minimum Gasteiger partial charge on any atom is -0.412 e. The molecular weight excluding hydrogens is 157 g/mol. The monoisotopic (exact) mass is 168 g/mol. The quantitative estimate of drug-likeness (QED) is 0.530. The van der Waals surface area contributed by atoms with Crippen LogP contribution in [0.5, 0.6) is 0 Å². The number of carbonyl (C=O) groups excluding carboxylic acids is 1. The first-order valence-corrected chi connectivity index (χ1v) is 2.98. The predicted octanol–water partition coefficient (Wildman–Crippen LogP) is -1.55. The van der Waals surface area contributed by atoms with Crippen molar-refractivity contribution in [1.82, 2.24) is 0 Å². The molecule has 0 fully saturated rings. The zero-order valence-corrected chi connectivity index (χ0v) is 6.45. The minimum atomic E-state index is -0.411. The van der Waals surface area contributed by atoms with E-state index in [1.165, 1.54) is 7.28 Å². The summed E-state index contributed by atoms with van der Waals surface area (Å²) in [5.41, 5.74) is 5.77. The van der Waals surface area contributed by atoms with Gasteiger partial charge in [0, 0.05) is 0 Å². The molecule has 12 heavy (non-hydrogen) atoms. The van der Waals surface area contributed by atoms with Gasteiger partial charge in [-0.15, -0.1) is 0 Å². The number of carbonyl (C=O) groups is 1. The van der Waals surface area contributed by atoms with Gasteiger partial charge in [-0.3, -0.25) is 4.79 Å². The predicted molar refractivity (Wildman–Crippen MR) is 48.6 cm³/mol. The van der Waals surface area contributed by atoms with Crippen molar-refractivity contribution < 1.29 is 15.7 Å². The maximum atomic E-state index is 10.3. The summed E-state index contributed by atoms with van der Waals surface area (Å²) in [7, 11) is 1.39. The van der Waals surface area contributed by atoms with Crippen LogP contribution in [0.1, 0.15) is 0 Å². The van der Waals surface area contributed by atoms with E-state index in [0.717, 1.165) is 5.46 Å². The van der Waals surface area contributed by atoms with Crippen molar-refractivity contribution in [2.24, 2.45) is 5.73 Å². The van der Waals surface area contributed by atoms with Gasteiger partial charge in [0.15, 0.2) is 5.81 Å². The first-order chi connectivity index (χ1) is 4.79. The molecule has 0 aliphatic carbocycles. The number of primary amides is 1. The summed E-state index contributed by atoms with van der Waals surface area (Å²) >= 11 is 0. The first kappa shape index (κ1) is 13.3. The summed E-state index contributed by atoms with van der Waals surface area (Å²) in [4.78, 5) is 10.3. The Morgan fingerprint density at radius 3 is 2.08 bits per heavy atom. The molecule has 0 aliphatic rings. The Morgan fingerprint density at radius 2 is 1.67 bits per heavy atom. The normalized spacial score (nSPS) is 7.33. The van der Waals surface area contributed by atoms with E-state index in [1.807, 2.05) is 30.3 Å². The molecule has 65 valence electrons. The smallest absolute Gasteiger partial charge is 0.270 e. The Balaban J connectivity index is 0. The van der Waals surface area contributed by atoms with Crippen molar-refractivity contribution in [3.05, 3.63) is 30.3 Å². The highest BCUT2D eigenvalue weighted by molar-refractivity contribution is 6.83. The van der Waals surface area contributed by atoms with Crippen LogP contribution in [0, 0.1) is 0 Å². The molecule has 6 N–H and O–H groups in total. The molecule has 0 saturated heterocycles. The molecule has 0 aromatic heterocycles. The van der Waals surface area contributed by atoms with E-state index in [0.29, 0.717) is 0 Å². The molecule has 0 heterocycles. The van der Waals surface area contributed by atoms with Crippen LogP contribution in [0.25, 0.3) is 0 Å². The third-order valence-electron chi connectivity index (χ3n) is 1.11. The molecule has 5 heteroatoms. The van der Waals surface area contributed by atoms with Gasteiger partial charge in [0.2, 0.25) is 0 Å². The zero-order valence-electron chi connectivity index (χ0n) is 6.45. The van der Waals surface area contributed by atoms with Crippen LogP contribution in [-0.2, 0) is 0 Å². The Hall–Kier alpha value is -1.33. The van der Waals surface area contributed by atoms with Crippen LogP contribution in [0.2, 0.25) is 0 Å². The van der Waals surface area contributed by atoms with Gasteiger partial charge in [-0.25, -0.2) is 0 Å². The van der Waals surface area contributed by atoms with E-state index < -0.39 is 5.81 Å². The average molecular weight is 168 g/mol. The van der Waals surface area contributed by atoms with Gasteiger partial charge < -0.3 is 16.7 Å². The fourth-order valence-corrected chi connectivity index (χ4v) is 0.714. The van der Waals surface area contributed by atoms with E-state index in [4.69, 9.17) is 5.73 Å². The molecule has 1 aromatic rings. The van der Waals surface area contributed by atoms with E-state index in [-0.39, 0.29) is 11.0 Å². The molecule has 0 aliphatic heterocycles. The fraction of sp³-hybridized carbons (Fsp3) is 0. The third-order valence-corrected chi connectivity index (χ3v) is 1.11. The fourth-order valence-electron chi connectivity index (χ4n) is 0.714. The molecular formula is C7H11BNO3. The topological polar surface area (TPSA) is 106 Å². The maximum absolute atomic E-state index is 10.3. The number of nitrogens with two attached hydrogens (primary N) is 1. The van der Waals surface area contributed by atoms with E-state index in [2.05, 4.69) is 0 Å². The van der Waals surface area contributed by atoms with Crippen LogP contribution < -0.4 is 11.2 Å². The highest BCUT2D eigenvalue weighted by Gasteiger charge is 1.98. The lowest BCUT2D eigenvalue weighted by Gasteiger charge is -1.91. The van der Waals surface area contributed by atoms with Crippen LogP contribution >= 0.6 is 0 Å². The van der Waals surface area contributed by atoms with Crippen molar-refractivity contribution in [2.75, 3.05) is 0 Å². The Morgan fingerprint density at radius 1 is 1.17 bits per heavy atom. The van der Waals surface area contributed by atoms with Crippen molar-refractivity contribution in [3.8, 4) is 0 Å². The summed E-state index contributed by atoms with van der Waals surface area (Å²) in [5.74, 6) is -0.411. The highest BCUT2D eigenvalue weighted by Crippen LogP contribution is 1.80. The van der Waals surface area contributed by atoms with Crippen molar-refractivity contribution >= 4 is 18.5 Å². The molecule has 1 rings (SSSR count). The number of amides is 1. The molecule has 0 atom stereocenters. The molecule has 0 bridgehead atoms. The van der Waals surface area contributed by atoms with Gasteiger partial charge >= 0.3 is 0 Å². The van der Waals surface area contributed by atoms with Gasteiger partial charge in [-0.2, -0.15) is 0 Å². The first-order valence-electron chi connectivity index (χ1n) is 2.98. The summed E-state index contributed by atoms with van der Waals surface area (Å²) in [6, 6.07) is 9.25. The minimum absolute atomic E-state index is 0. The molecule has 0 saturated carbocycles. The maximum Gasteiger partial charge on any atom is 0.270 e. The van der Waals surface area contributed by atoms with Crippen LogP contribution in [0.3, 0.4) is 0 Å². The van der Waals surface area contributed by atoms with Crippen molar-refractivity contribution in [2.45, 2.75) is 0 Å². The molecule has 1 radical (unpaired) electrons. The lowest BCUT2D eigenvalue weighted by atomic mass is 9.70. The lowest BCUT2D eigenvalue weighted by molar-refractivity contribution is 0.266. The lowest BCUT2D eigenvalue weighted by Crippen LogP contribution is -2.28. The number of hydrogen-bond acceptors (Lipinski definition) is 1. The Labute approximate surface area is 71.2 Å². The summed E-state index contributed by atoms with van der Waals surface area (Å²) in [6.07, 6.45) is 0. The third kappa shape index (κ3) is 4.48. The largest absolute Gasteiger partial charge is 0.412 e. The molecule has 4 nitrogen and oxygen atoms in total. The molecule has 0 spiro atoms. The second kappa shape index (κ2) is 6.39. The van der Waals surface area contributed by atoms with Crippen LogP contribution in [0.4, 0.5) is 4.79 Å². The summed E-state index contributed by atoms with van der Waals surface area (Å²) in [5, 5.41) is 0. The zero-order chi connectivity index (χ0) is 7.40. The van der Waals surface area contributed by atoms with E-state index >= 15 is 0 Å². The van der Waals surface area contributed by atoms with Crippen molar-refractivity contribution in [1.29, 1.82) is 0 Å². The molecule has 1 aromatic carbocycles. The van der Waals surface area contributed by atoms with Crippen molar-refractivity contribution in [3.63, 3.8) is 0 Å².